The van der Waals surface area contributed by atoms with Crippen LogP contribution in [0.3, 0.4) is 0 Å². The number of hydrogen-bond acceptors (Lipinski definition) is 2. The molecule has 1 aliphatic carbocycles. The quantitative estimate of drug-likeness (QED) is 0.589. The molecule has 1 saturated carbocycles. The van der Waals surface area contributed by atoms with E-state index in [1.807, 2.05) is 24.4 Å². The normalized spacial score (nSPS) is 14.7. The minimum atomic E-state index is -0.772. The van der Waals surface area contributed by atoms with Crippen molar-refractivity contribution in [2.24, 2.45) is 5.92 Å². The topological polar surface area (TPSA) is 62.3 Å². The van der Waals surface area contributed by atoms with Crippen LogP contribution in [0.2, 0.25) is 0 Å². The van der Waals surface area contributed by atoms with Gasteiger partial charge in [0, 0.05) is 29.1 Å². The monoisotopic (exact) mass is 363 g/mol. The number of carboxylic acids is 1. The third-order valence-corrected chi connectivity index (χ3v) is 5.51. The number of ether oxygens (including phenoxy) is 1. The van der Waals surface area contributed by atoms with Crippen LogP contribution in [0, 0.1) is 5.92 Å². The van der Waals surface area contributed by atoms with Gasteiger partial charge in [0.1, 0.15) is 5.75 Å². The van der Waals surface area contributed by atoms with Crippen molar-refractivity contribution < 1.29 is 14.6 Å². The molecule has 1 aliphatic rings. The number of hydrogen-bond donors (Lipinski definition) is 2. The molecule has 0 bridgehead atoms. The molecule has 0 atom stereocenters. The van der Waals surface area contributed by atoms with E-state index in [4.69, 9.17) is 9.84 Å². The summed E-state index contributed by atoms with van der Waals surface area (Å²) in [6.07, 6.45) is 7.71. The fourth-order valence-electron chi connectivity index (χ4n) is 4.03. The molecule has 0 radical (unpaired) electrons. The Hall–Kier alpha value is -2.75. The third kappa shape index (κ3) is 4.00. The van der Waals surface area contributed by atoms with E-state index < -0.39 is 5.97 Å². The number of aryl methyl sites for hydroxylation is 1. The second-order valence-corrected chi connectivity index (χ2v) is 7.43. The lowest BCUT2D eigenvalue weighted by Gasteiger charge is -2.17. The first-order valence-electron chi connectivity index (χ1n) is 9.75. The van der Waals surface area contributed by atoms with Gasteiger partial charge in [-0.3, -0.25) is 4.79 Å². The number of rotatable bonds is 7. The molecule has 0 unspecified atom stereocenters. The Kier molecular flexibility index (Phi) is 5.14. The summed E-state index contributed by atoms with van der Waals surface area (Å²) in [5.74, 6) is 0.758. The number of carbonyl (C=O) groups is 1. The van der Waals surface area contributed by atoms with Gasteiger partial charge in [0.15, 0.2) is 0 Å². The van der Waals surface area contributed by atoms with E-state index in [0.29, 0.717) is 12.3 Å². The number of aliphatic carboxylic acids is 1. The summed E-state index contributed by atoms with van der Waals surface area (Å²) in [6.45, 7) is 0.755. The van der Waals surface area contributed by atoms with E-state index in [2.05, 4.69) is 29.2 Å². The molecule has 4 nitrogen and oxygen atoms in total. The number of benzene rings is 2. The highest BCUT2D eigenvalue weighted by Gasteiger charge is 2.17. The second-order valence-electron chi connectivity index (χ2n) is 7.43. The van der Waals surface area contributed by atoms with Crippen molar-refractivity contribution in [3.8, 4) is 16.9 Å². The third-order valence-electron chi connectivity index (χ3n) is 5.51. The van der Waals surface area contributed by atoms with Gasteiger partial charge in [0.25, 0.3) is 0 Å². The van der Waals surface area contributed by atoms with Crippen molar-refractivity contribution in [1.29, 1.82) is 0 Å². The van der Waals surface area contributed by atoms with Gasteiger partial charge in [-0.25, -0.2) is 0 Å². The fraction of sp³-hybridized carbons (Fsp3) is 0.348. The molecule has 1 heterocycles. The Labute approximate surface area is 159 Å². The summed E-state index contributed by atoms with van der Waals surface area (Å²) in [5.41, 5.74) is 4.27. The van der Waals surface area contributed by atoms with E-state index in [0.717, 1.165) is 39.9 Å². The molecular formula is C23H25NO3. The van der Waals surface area contributed by atoms with Crippen LogP contribution in [0.25, 0.3) is 22.0 Å². The summed E-state index contributed by atoms with van der Waals surface area (Å²) < 4.78 is 6.26. The largest absolute Gasteiger partial charge is 0.493 e. The number of fused-ring (bicyclic) bond motifs is 1. The zero-order valence-corrected chi connectivity index (χ0v) is 15.4. The van der Waals surface area contributed by atoms with E-state index in [9.17, 15) is 4.79 Å². The number of carboxylic acid groups (broad SMARTS) is 1. The Morgan fingerprint density at radius 3 is 2.78 bits per heavy atom. The van der Waals surface area contributed by atoms with Crippen molar-refractivity contribution in [2.45, 2.75) is 38.5 Å². The van der Waals surface area contributed by atoms with E-state index >= 15 is 0 Å². The van der Waals surface area contributed by atoms with Crippen LogP contribution in [-0.2, 0) is 11.2 Å². The fourth-order valence-corrected chi connectivity index (χ4v) is 4.03. The van der Waals surface area contributed by atoms with Crippen LogP contribution >= 0.6 is 0 Å². The maximum absolute atomic E-state index is 11.0. The molecule has 27 heavy (non-hydrogen) atoms. The maximum Gasteiger partial charge on any atom is 0.303 e. The van der Waals surface area contributed by atoms with Crippen molar-refractivity contribution in [3.05, 3.63) is 54.2 Å². The lowest BCUT2D eigenvalue weighted by Crippen LogP contribution is -2.09. The average molecular weight is 363 g/mol. The molecule has 0 aliphatic heterocycles. The second kappa shape index (κ2) is 7.87. The van der Waals surface area contributed by atoms with Crippen molar-refractivity contribution in [2.75, 3.05) is 6.61 Å². The van der Waals surface area contributed by atoms with Crippen LogP contribution in [-0.4, -0.2) is 22.7 Å². The summed E-state index contributed by atoms with van der Waals surface area (Å²) >= 11 is 0. The van der Waals surface area contributed by atoms with Gasteiger partial charge in [-0.1, -0.05) is 31.0 Å². The molecule has 1 aromatic heterocycles. The van der Waals surface area contributed by atoms with E-state index in [1.54, 1.807) is 0 Å². The van der Waals surface area contributed by atoms with Crippen LogP contribution in [0.4, 0.5) is 0 Å². The molecule has 0 spiro atoms. The predicted octanol–water partition coefficient (Wildman–Crippen LogP) is 5.42. The molecule has 1 fully saturated rings. The molecule has 4 rings (SSSR count). The van der Waals surface area contributed by atoms with Crippen LogP contribution in [0.5, 0.6) is 5.75 Å². The summed E-state index contributed by atoms with van der Waals surface area (Å²) in [6, 6.07) is 14.4. The highest BCUT2D eigenvalue weighted by molar-refractivity contribution is 5.96. The predicted molar refractivity (Wildman–Crippen MR) is 107 cm³/mol. The van der Waals surface area contributed by atoms with Gasteiger partial charge in [-0.15, -0.1) is 0 Å². The first-order chi connectivity index (χ1) is 13.2. The highest BCUT2D eigenvalue weighted by Crippen LogP contribution is 2.37. The van der Waals surface area contributed by atoms with Crippen LogP contribution < -0.4 is 4.74 Å². The van der Waals surface area contributed by atoms with Crippen molar-refractivity contribution >= 4 is 16.9 Å². The molecule has 2 aromatic carbocycles. The van der Waals surface area contributed by atoms with Gasteiger partial charge in [0.2, 0.25) is 0 Å². The van der Waals surface area contributed by atoms with E-state index in [1.165, 1.54) is 25.7 Å². The van der Waals surface area contributed by atoms with Gasteiger partial charge in [0.05, 0.1) is 6.61 Å². The zero-order chi connectivity index (χ0) is 18.6. The standard InChI is InChI=1S/C23H25NO3/c25-23(26)11-9-16-8-10-22(27-15-17-4-1-2-5-17)20(14-16)18-6-3-7-21-19(18)12-13-24-21/h3,6-8,10,12-14,17,24H,1-2,4-5,9,11,15H2,(H,25,26). The SMILES string of the molecule is O=C(O)CCc1ccc(OCC2CCCC2)c(-c2cccc3[nH]ccc23)c1. The Balaban J connectivity index is 1.69. The summed E-state index contributed by atoms with van der Waals surface area (Å²) in [5, 5.41) is 10.2. The number of aromatic amines is 1. The maximum atomic E-state index is 11.0. The van der Waals surface area contributed by atoms with Crippen LogP contribution in [0.15, 0.2) is 48.7 Å². The average Bonchev–Trinajstić information content (AvgIpc) is 3.36. The molecule has 4 heteroatoms. The molecule has 0 amide bonds. The van der Waals surface area contributed by atoms with Crippen LogP contribution in [0.1, 0.15) is 37.7 Å². The first-order valence-corrected chi connectivity index (χ1v) is 9.75. The van der Waals surface area contributed by atoms with Gasteiger partial charge in [-0.05, 0) is 60.6 Å². The van der Waals surface area contributed by atoms with Gasteiger partial charge in [-0.2, -0.15) is 0 Å². The smallest absolute Gasteiger partial charge is 0.303 e. The first kappa shape index (κ1) is 17.7. The van der Waals surface area contributed by atoms with Gasteiger partial charge < -0.3 is 14.8 Å². The zero-order valence-electron chi connectivity index (χ0n) is 15.4. The molecule has 0 saturated heterocycles. The molecule has 140 valence electrons. The minimum absolute atomic E-state index is 0.135. The number of H-pyrrole nitrogens is 1. The van der Waals surface area contributed by atoms with Crippen molar-refractivity contribution in [1.82, 2.24) is 4.98 Å². The van der Waals surface area contributed by atoms with Crippen molar-refractivity contribution in [3.63, 3.8) is 0 Å². The lowest BCUT2D eigenvalue weighted by molar-refractivity contribution is -0.136. The molecular weight excluding hydrogens is 338 g/mol. The summed E-state index contributed by atoms with van der Waals surface area (Å²) in [7, 11) is 0. The Morgan fingerprint density at radius 2 is 1.96 bits per heavy atom. The Morgan fingerprint density at radius 1 is 1.11 bits per heavy atom. The number of nitrogens with one attached hydrogen (secondary N) is 1. The minimum Gasteiger partial charge on any atom is -0.493 e. The van der Waals surface area contributed by atoms with E-state index in [-0.39, 0.29) is 6.42 Å². The Bertz CT molecular complexity index is 938. The lowest BCUT2D eigenvalue weighted by atomic mass is 9.97. The summed E-state index contributed by atoms with van der Waals surface area (Å²) in [4.78, 5) is 14.2. The molecule has 3 aromatic rings. The highest BCUT2D eigenvalue weighted by atomic mass is 16.5. The van der Waals surface area contributed by atoms with Gasteiger partial charge >= 0.3 is 5.97 Å². The molecule has 2 N–H and O–H groups in total. The number of aromatic nitrogens is 1.